The zero-order chi connectivity index (χ0) is 18.1. The third kappa shape index (κ3) is 3.15. The van der Waals surface area contributed by atoms with Crippen LogP contribution in [0, 0.1) is 0 Å². The zero-order valence-electron chi connectivity index (χ0n) is 14.7. The molecule has 0 saturated carbocycles. The Balaban J connectivity index is 1.46. The van der Waals surface area contributed by atoms with Gasteiger partial charge in [0.25, 0.3) is 0 Å². The fourth-order valence-electron chi connectivity index (χ4n) is 2.91. The number of carbonyl (C=O) groups is 1. The molecule has 4 heterocycles. The lowest BCUT2D eigenvalue weighted by Crippen LogP contribution is -2.50. The van der Waals surface area contributed by atoms with Crippen molar-refractivity contribution in [3.05, 3.63) is 37.1 Å². The zero-order valence-corrected chi connectivity index (χ0v) is 14.7. The van der Waals surface area contributed by atoms with E-state index >= 15 is 0 Å². The minimum Gasteiger partial charge on any atom is -0.338 e. The molecule has 9 heteroatoms. The number of amides is 1. The number of anilines is 2. The highest BCUT2D eigenvalue weighted by molar-refractivity contribution is 5.76. The summed E-state index contributed by atoms with van der Waals surface area (Å²) < 4.78 is 3.62. The van der Waals surface area contributed by atoms with E-state index in [-0.39, 0.29) is 11.9 Å². The summed E-state index contributed by atoms with van der Waals surface area (Å²) in [5.74, 6) is 0.696. The molecule has 26 heavy (non-hydrogen) atoms. The third-order valence-corrected chi connectivity index (χ3v) is 4.41. The summed E-state index contributed by atoms with van der Waals surface area (Å²) >= 11 is 0. The molecule has 1 N–H and O–H groups in total. The Morgan fingerprint density at radius 1 is 1.27 bits per heavy atom. The minimum atomic E-state index is 0.190. The molecule has 0 bridgehead atoms. The Bertz CT molecular complexity index is 924. The number of rotatable bonds is 5. The van der Waals surface area contributed by atoms with Crippen molar-refractivity contribution in [3.63, 3.8) is 0 Å². The first-order valence-electron chi connectivity index (χ1n) is 8.53. The van der Waals surface area contributed by atoms with Crippen LogP contribution >= 0.6 is 0 Å². The molecule has 0 radical (unpaired) electrons. The maximum atomic E-state index is 11.7. The van der Waals surface area contributed by atoms with E-state index in [9.17, 15) is 4.79 Å². The maximum Gasteiger partial charge on any atom is 0.227 e. The lowest BCUT2D eigenvalue weighted by Gasteiger charge is -2.39. The van der Waals surface area contributed by atoms with E-state index in [1.807, 2.05) is 42.0 Å². The fraction of sp³-hybridized carbons (Fsp3) is 0.353. The van der Waals surface area contributed by atoms with Crippen LogP contribution in [0.15, 0.2) is 37.1 Å². The van der Waals surface area contributed by atoms with Gasteiger partial charge in [-0.1, -0.05) is 6.92 Å². The predicted octanol–water partition coefficient (Wildman–Crippen LogP) is 1.61. The topological polar surface area (TPSA) is 93.8 Å². The molecule has 0 aliphatic carbocycles. The standard InChI is InChI=1S/C17H20N8O/c1-3-16(26)24-10-14(11-24)25-8-12(6-20-25)15-4-5-18-17(22-15)21-13-7-19-23(2)9-13/h4-9,14H,3,10-11H2,1-2H3,(H,18,21,22). The van der Waals surface area contributed by atoms with Gasteiger partial charge in [-0.2, -0.15) is 10.2 Å². The summed E-state index contributed by atoms with van der Waals surface area (Å²) in [6, 6.07) is 2.08. The second-order valence-electron chi connectivity index (χ2n) is 6.31. The summed E-state index contributed by atoms with van der Waals surface area (Å²) in [5, 5.41) is 11.7. The van der Waals surface area contributed by atoms with Gasteiger partial charge in [-0.15, -0.1) is 0 Å². The molecule has 4 rings (SSSR count). The van der Waals surface area contributed by atoms with Crippen molar-refractivity contribution in [3.8, 4) is 11.3 Å². The van der Waals surface area contributed by atoms with Gasteiger partial charge in [0.15, 0.2) is 0 Å². The molecule has 0 aromatic carbocycles. The first-order valence-corrected chi connectivity index (χ1v) is 8.53. The van der Waals surface area contributed by atoms with Crippen molar-refractivity contribution in [1.82, 2.24) is 34.4 Å². The second-order valence-corrected chi connectivity index (χ2v) is 6.31. The van der Waals surface area contributed by atoms with Crippen LogP contribution < -0.4 is 5.32 Å². The summed E-state index contributed by atoms with van der Waals surface area (Å²) in [6.07, 6.45) is 9.59. The molecular formula is C17H20N8O. The van der Waals surface area contributed by atoms with E-state index in [4.69, 9.17) is 0 Å². The van der Waals surface area contributed by atoms with Crippen molar-refractivity contribution in [2.75, 3.05) is 18.4 Å². The normalized spacial score (nSPS) is 14.3. The fourth-order valence-corrected chi connectivity index (χ4v) is 2.91. The van der Waals surface area contributed by atoms with Crippen LogP contribution in [0.25, 0.3) is 11.3 Å². The maximum absolute atomic E-state index is 11.7. The van der Waals surface area contributed by atoms with Crippen molar-refractivity contribution >= 4 is 17.5 Å². The van der Waals surface area contributed by atoms with Crippen LogP contribution in [0.4, 0.5) is 11.6 Å². The lowest BCUT2D eigenvalue weighted by atomic mass is 10.1. The van der Waals surface area contributed by atoms with Crippen LogP contribution in [0.5, 0.6) is 0 Å². The monoisotopic (exact) mass is 352 g/mol. The Hall–Kier alpha value is -3.23. The largest absolute Gasteiger partial charge is 0.338 e. The first-order chi connectivity index (χ1) is 12.6. The van der Waals surface area contributed by atoms with E-state index < -0.39 is 0 Å². The van der Waals surface area contributed by atoms with E-state index in [0.717, 1.165) is 16.9 Å². The summed E-state index contributed by atoms with van der Waals surface area (Å²) in [6.45, 7) is 3.31. The second kappa shape index (κ2) is 6.58. The molecule has 1 aliphatic rings. The summed E-state index contributed by atoms with van der Waals surface area (Å²) in [7, 11) is 1.85. The van der Waals surface area contributed by atoms with Gasteiger partial charge in [-0.25, -0.2) is 9.97 Å². The average molecular weight is 352 g/mol. The third-order valence-electron chi connectivity index (χ3n) is 4.41. The lowest BCUT2D eigenvalue weighted by molar-refractivity contribution is -0.136. The number of hydrogen-bond donors (Lipinski definition) is 1. The predicted molar refractivity (Wildman–Crippen MR) is 95.7 cm³/mol. The molecule has 1 fully saturated rings. The molecule has 0 spiro atoms. The Labute approximate surface area is 150 Å². The number of nitrogens with zero attached hydrogens (tertiary/aromatic N) is 7. The van der Waals surface area contributed by atoms with Gasteiger partial charge in [0.1, 0.15) is 0 Å². The van der Waals surface area contributed by atoms with Crippen molar-refractivity contribution in [2.45, 2.75) is 19.4 Å². The highest BCUT2D eigenvalue weighted by atomic mass is 16.2. The highest BCUT2D eigenvalue weighted by Crippen LogP contribution is 2.24. The van der Waals surface area contributed by atoms with E-state index in [2.05, 4.69) is 25.5 Å². The number of carbonyl (C=O) groups excluding carboxylic acids is 1. The van der Waals surface area contributed by atoms with Crippen LogP contribution in [-0.4, -0.2) is 53.4 Å². The van der Waals surface area contributed by atoms with Crippen LogP contribution in [0.2, 0.25) is 0 Å². The average Bonchev–Trinajstić information content (AvgIpc) is 3.23. The highest BCUT2D eigenvalue weighted by Gasteiger charge is 2.31. The van der Waals surface area contributed by atoms with Gasteiger partial charge in [0.2, 0.25) is 11.9 Å². The smallest absolute Gasteiger partial charge is 0.227 e. The minimum absolute atomic E-state index is 0.190. The van der Waals surface area contributed by atoms with Crippen LogP contribution in [0.3, 0.4) is 0 Å². The van der Waals surface area contributed by atoms with Gasteiger partial charge >= 0.3 is 0 Å². The van der Waals surface area contributed by atoms with E-state index in [1.165, 1.54) is 0 Å². The Morgan fingerprint density at radius 3 is 2.85 bits per heavy atom. The van der Waals surface area contributed by atoms with E-state index in [0.29, 0.717) is 25.5 Å². The summed E-state index contributed by atoms with van der Waals surface area (Å²) in [4.78, 5) is 22.3. The van der Waals surface area contributed by atoms with E-state index in [1.54, 1.807) is 23.3 Å². The number of aromatic nitrogens is 6. The first kappa shape index (κ1) is 16.2. The van der Waals surface area contributed by atoms with Crippen molar-refractivity contribution in [1.29, 1.82) is 0 Å². The number of likely N-dealkylation sites (tertiary alicyclic amines) is 1. The number of hydrogen-bond acceptors (Lipinski definition) is 6. The van der Waals surface area contributed by atoms with Gasteiger partial charge in [0.05, 0.1) is 29.8 Å². The number of aryl methyl sites for hydroxylation is 1. The van der Waals surface area contributed by atoms with Crippen molar-refractivity contribution in [2.24, 2.45) is 7.05 Å². The molecule has 3 aromatic heterocycles. The number of nitrogens with one attached hydrogen (secondary N) is 1. The SMILES string of the molecule is CCC(=O)N1CC(n2cc(-c3ccnc(Nc4cnn(C)c4)n3)cn2)C1. The quantitative estimate of drug-likeness (QED) is 0.750. The molecule has 134 valence electrons. The van der Waals surface area contributed by atoms with Gasteiger partial charge in [0, 0.05) is 50.7 Å². The molecule has 1 aliphatic heterocycles. The Morgan fingerprint density at radius 2 is 2.12 bits per heavy atom. The molecule has 0 unspecified atom stereocenters. The van der Waals surface area contributed by atoms with Gasteiger partial charge in [-0.3, -0.25) is 14.2 Å². The molecule has 1 saturated heterocycles. The summed E-state index contributed by atoms with van der Waals surface area (Å²) in [5.41, 5.74) is 2.54. The van der Waals surface area contributed by atoms with Crippen LogP contribution in [0.1, 0.15) is 19.4 Å². The molecular weight excluding hydrogens is 332 g/mol. The molecule has 3 aromatic rings. The molecule has 0 atom stereocenters. The molecule has 9 nitrogen and oxygen atoms in total. The van der Waals surface area contributed by atoms with Gasteiger partial charge < -0.3 is 10.2 Å². The molecule has 1 amide bonds. The Kier molecular flexibility index (Phi) is 4.11. The van der Waals surface area contributed by atoms with Crippen molar-refractivity contribution < 1.29 is 4.79 Å². The van der Waals surface area contributed by atoms with Gasteiger partial charge in [-0.05, 0) is 6.07 Å². The van der Waals surface area contributed by atoms with Crippen LogP contribution in [-0.2, 0) is 11.8 Å².